The summed E-state index contributed by atoms with van der Waals surface area (Å²) in [6, 6.07) is 6.26. The minimum atomic E-state index is 0.476. The maximum absolute atomic E-state index is 5.14. The molecule has 0 aliphatic carbocycles. The maximum atomic E-state index is 5.14. The smallest absolute Gasteiger partial charge is 0.0750 e. The van der Waals surface area contributed by atoms with Crippen LogP contribution < -0.4 is 0 Å². The van der Waals surface area contributed by atoms with Crippen molar-refractivity contribution in [3.05, 3.63) is 35.7 Å². The zero-order valence-electron chi connectivity index (χ0n) is 9.40. The van der Waals surface area contributed by atoms with E-state index in [1.54, 1.807) is 7.11 Å². The van der Waals surface area contributed by atoms with Gasteiger partial charge in [0.05, 0.1) is 18.3 Å². The summed E-state index contributed by atoms with van der Waals surface area (Å²) in [6.07, 6.45) is 1.88. The van der Waals surface area contributed by atoms with E-state index in [9.17, 15) is 0 Å². The highest BCUT2D eigenvalue weighted by atomic mass is 16.5. The van der Waals surface area contributed by atoms with Gasteiger partial charge < -0.3 is 4.74 Å². The monoisotopic (exact) mass is 204 g/mol. The number of rotatable bonds is 3. The van der Waals surface area contributed by atoms with Crippen LogP contribution in [0.25, 0.3) is 5.52 Å². The van der Waals surface area contributed by atoms with Gasteiger partial charge in [0.1, 0.15) is 0 Å². The highest BCUT2D eigenvalue weighted by molar-refractivity contribution is 5.54. The Morgan fingerprint density at radius 1 is 1.40 bits per heavy atom. The van der Waals surface area contributed by atoms with Crippen LogP contribution in [0.3, 0.4) is 0 Å². The predicted molar refractivity (Wildman–Crippen MR) is 60.0 cm³/mol. The highest BCUT2D eigenvalue weighted by Crippen LogP contribution is 2.18. The zero-order chi connectivity index (χ0) is 10.8. The molecule has 0 unspecified atom stereocenters. The van der Waals surface area contributed by atoms with Gasteiger partial charge in [-0.05, 0) is 18.1 Å². The third kappa shape index (κ3) is 1.75. The van der Waals surface area contributed by atoms with Gasteiger partial charge in [-0.15, -0.1) is 0 Å². The van der Waals surface area contributed by atoms with Crippen LogP contribution in [0.4, 0.5) is 0 Å². The largest absolute Gasteiger partial charge is 0.380 e. The first-order valence-corrected chi connectivity index (χ1v) is 5.18. The van der Waals surface area contributed by atoms with Gasteiger partial charge in [-0.3, -0.25) is 0 Å². The molecule has 2 rings (SSSR count). The standard InChI is InChI=1S/C12H16N2O/c1-9(2)11-5-4-6-12-10(8-15-3)7-13-14(11)12/h4-7,9H,8H2,1-3H3. The first-order chi connectivity index (χ1) is 7.24. The molecule has 15 heavy (non-hydrogen) atoms. The lowest BCUT2D eigenvalue weighted by Gasteiger charge is -2.08. The fourth-order valence-corrected chi connectivity index (χ4v) is 1.79. The van der Waals surface area contributed by atoms with Gasteiger partial charge >= 0.3 is 0 Å². The van der Waals surface area contributed by atoms with Crippen LogP contribution >= 0.6 is 0 Å². The third-order valence-electron chi connectivity index (χ3n) is 2.54. The Morgan fingerprint density at radius 3 is 2.87 bits per heavy atom. The molecule has 0 atom stereocenters. The number of fused-ring (bicyclic) bond motifs is 1. The molecule has 2 aromatic heterocycles. The van der Waals surface area contributed by atoms with Crippen LogP contribution in [0.5, 0.6) is 0 Å². The fraction of sp³-hybridized carbons (Fsp3) is 0.417. The average Bonchev–Trinajstić information content (AvgIpc) is 2.62. The van der Waals surface area contributed by atoms with Gasteiger partial charge in [-0.1, -0.05) is 19.9 Å². The number of hydrogen-bond donors (Lipinski definition) is 0. The topological polar surface area (TPSA) is 26.5 Å². The van der Waals surface area contributed by atoms with Crippen LogP contribution in [0.2, 0.25) is 0 Å². The number of methoxy groups -OCH3 is 1. The van der Waals surface area contributed by atoms with E-state index in [0.717, 1.165) is 11.1 Å². The van der Waals surface area contributed by atoms with E-state index in [1.807, 2.05) is 10.7 Å². The Bertz CT molecular complexity index is 460. The Kier molecular flexibility index (Phi) is 2.73. The van der Waals surface area contributed by atoms with Crippen molar-refractivity contribution >= 4 is 5.52 Å². The van der Waals surface area contributed by atoms with E-state index >= 15 is 0 Å². The molecule has 80 valence electrons. The molecule has 2 aromatic rings. The molecular formula is C12H16N2O. The number of nitrogens with zero attached hydrogens (tertiary/aromatic N) is 2. The lowest BCUT2D eigenvalue weighted by molar-refractivity contribution is 0.186. The molecule has 0 saturated heterocycles. The number of aromatic nitrogens is 2. The van der Waals surface area contributed by atoms with Crippen molar-refractivity contribution < 1.29 is 4.74 Å². The summed E-state index contributed by atoms with van der Waals surface area (Å²) in [7, 11) is 1.70. The molecule has 0 aromatic carbocycles. The highest BCUT2D eigenvalue weighted by Gasteiger charge is 2.08. The molecule has 0 spiro atoms. The van der Waals surface area contributed by atoms with Crippen molar-refractivity contribution in [1.82, 2.24) is 9.61 Å². The molecule has 0 fully saturated rings. The molecule has 2 heterocycles. The maximum Gasteiger partial charge on any atom is 0.0750 e. The number of pyridine rings is 1. The number of hydrogen-bond acceptors (Lipinski definition) is 2. The molecule has 0 aliphatic rings. The van der Waals surface area contributed by atoms with Gasteiger partial charge in [-0.25, -0.2) is 4.52 Å². The van der Waals surface area contributed by atoms with E-state index in [2.05, 4.69) is 37.1 Å². The quantitative estimate of drug-likeness (QED) is 0.768. The summed E-state index contributed by atoms with van der Waals surface area (Å²) < 4.78 is 7.14. The van der Waals surface area contributed by atoms with Gasteiger partial charge in [0.2, 0.25) is 0 Å². The minimum Gasteiger partial charge on any atom is -0.380 e. The minimum absolute atomic E-state index is 0.476. The lowest BCUT2D eigenvalue weighted by atomic mass is 10.1. The van der Waals surface area contributed by atoms with E-state index in [1.165, 1.54) is 5.69 Å². The van der Waals surface area contributed by atoms with Crippen LogP contribution in [-0.2, 0) is 11.3 Å². The van der Waals surface area contributed by atoms with Crippen molar-refractivity contribution in [2.75, 3.05) is 7.11 Å². The molecular weight excluding hydrogens is 188 g/mol. The van der Waals surface area contributed by atoms with E-state index in [-0.39, 0.29) is 0 Å². The van der Waals surface area contributed by atoms with Crippen LogP contribution in [-0.4, -0.2) is 16.7 Å². The van der Waals surface area contributed by atoms with E-state index < -0.39 is 0 Å². The molecule has 3 nitrogen and oxygen atoms in total. The summed E-state index contributed by atoms with van der Waals surface area (Å²) >= 11 is 0. The third-order valence-corrected chi connectivity index (χ3v) is 2.54. The van der Waals surface area contributed by atoms with Gasteiger partial charge in [0.25, 0.3) is 0 Å². The first-order valence-electron chi connectivity index (χ1n) is 5.18. The normalized spacial score (nSPS) is 11.5. The molecule has 3 heteroatoms. The fourth-order valence-electron chi connectivity index (χ4n) is 1.79. The summed E-state index contributed by atoms with van der Waals surface area (Å²) in [5.41, 5.74) is 3.51. The second kappa shape index (κ2) is 4.03. The van der Waals surface area contributed by atoms with Crippen molar-refractivity contribution in [2.24, 2.45) is 0 Å². The van der Waals surface area contributed by atoms with Crippen LogP contribution in [0.1, 0.15) is 31.0 Å². The van der Waals surface area contributed by atoms with Crippen molar-refractivity contribution in [2.45, 2.75) is 26.4 Å². The first kappa shape index (κ1) is 10.2. The average molecular weight is 204 g/mol. The number of ether oxygens (including phenoxy) is 1. The zero-order valence-corrected chi connectivity index (χ0v) is 9.40. The summed E-state index contributed by atoms with van der Waals surface area (Å²) in [4.78, 5) is 0. The second-order valence-corrected chi connectivity index (χ2v) is 4.01. The van der Waals surface area contributed by atoms with Crippen molar-refractivity contribution in [1.29, 1.82) is 0 Å². The van der Waals surface area contributed by atoms with E-state index in [0.29, 0.717) is 12.5 Å². The van der Waals surface area contributed by atoms with Crippen LogP contribution in [0.15, 0.2) is 24.4 Å². The van der Waals surface area contributed by atoms with Crippen LogP contribution in [0, 0.1) is 0 Å². The molecule has 0 N–H and O–H groups in total. The Balaban J connectivity index is 2.58. The molecule has 0 bridgehead atoms. The molecule has 0 amide bonds. The van der Waals surface area contributed by atoms with Gasteiger partial charge in [0, 0.05) is 18.4 Å². The van der Waals surface area contributed by atoms with Gasteiger partial charge in [-0.2, -0.15) is 5.10 Å². The summed E-state index contributed by atoms with van der Waals surface area (Å²) in [6.45, 7) is 4.96. The molecule has 0 aliphatic heterocycles. The second-order valence-electron chi connectivity index (χ2n) is 4.01. The lowest BCUT2D eigenvalue weighted by Crippen LogP contribution is -2.00. The Hall–Kier alpha value is -1.35. The van der Waals surface area contributed by atoms with Crippen molar-refractivity contribution in [3.8, 4) is 0 Å². The summed E-state index contributed by atoms with van der Waals surface area (Å²) in [5.74, 6) is 0.476. The molecule has 0 radical (unpaired) electrons. The predicted octanol–water partition coefficient (Wildman–Crippen LogP) is 2.60. The Morgan fingerprint density at radius 2 is 2.20 bits per heavy atom. The van der Waals surface area contributed by atoms with E-state index in [4.69, 9.17) is 4.74 Å². The van der Waals surface area contributed by atoms with Gasteiger partial charge in [0.15, 0.2) is 0 Å². The SMILES string of the molecule is COCc1cnn2c(C(C)C)cccc12. The summed E-state index contributed by atoms with van der Waals surface area (Å²) in [5, 5.41) is 4.40. The Labute approximate surface area is 89.7 Å². The van der Waals surface area contributed by atoms with Crippen molar-refractivity contribution in [3.63, 3.8) is 0 Å². The molecule has 0 saturated carbocycles.